The molecule has 1 aliphatic heterocycles. The van der Waals surface area contributed by atoms with Gasteiger partial charge < -0.3 is 19.0 Å². The van der Waals surface area contributed by atoms with Crippen molar-refractivity contribution in [1.82, 2.24) is 29.8 Å². The standard InChI is InChI=1S/C19H16F3N7O2/c20-19(21,22)31-14-2-1-6-29-13(14)8-12(27-29)16-15-11(23-9-24-15)5-7-28(16)18-26-25-17(30-18)10-3-4-10/h1-2,6,8-10,16H,3-5,7H2,(H,23,24)/t16-/m1/s1. The third-order valence-electron chi connectivity index (χ3n) is 5.52. The zero-order chi connectivity index (χ0) is 21.2. The largest absolute Gasteiger partial charge is 0.573 e. The second-order valence-corrected chi connectivity index (χ2v) is 7.63. The van der Waals surface area contributed by atoms with Crippen molar-refractivity contribution >= 4 is 11.5 Å². The molecule has 5 heterocycles. The second-order valence-electron chi connectivity index (χ2n) is 7.63. The minimum Gasteiger partial charge on any atom is -0.408 e. The summed E-state index contributed by atoms with van der Waals surface area (Å²) in [6.07, 6.45) is 1.10. The van der Waals surface area contributed by atoms with Crippen LogP contribution in [0, 0.1) is 0 Å². The van der Waals surface area contributed by atoms with Crippen LogP contribution in [-0.2, 0) is 6.42 Å². The van der Waals surface area contributed by atoms with Crippen LogP contribution in [0.1, 0.15) is 47.8 Å². The van der Waals surface area contributed by atoms with Crippen LogP contribution in [-0.4, -0.2) is 42.7 Å². The Balaban J connectivity index is 1.45. The molecule has 1 saturated carbocycles. The highest BCUT2D eigenvalue weighted by molar-refractivity contribution is 5.61. The molecule has 0 saturated heterocycles. The lowest BCUT2D eigenvalue weighted by Crippen LogP contribution is -2.36. The Hall–Kier alpha value is -3.57. The first-order valence-electron chi connectivity index (χ1n) is 9.82. The Kier molecular flexibility index (Phi) is 3.80. The SMILES string of the molecule is FC(F)(F)Oc1cccn2nc([C@@H]3c4nc[nH]c4CCN3c3nnc(C4CC4)o3)cc12. The number of nitrogens with one attached hydrogen (secondary N) is 1. The van der Waals surface area contributed by atoms with Gasteiger partial charge in [-0.25, -0.2) is 9.50 Å². The highest BCUT2D eigenvalue weighted by atomic mass is 19.4. The van der Waals surface area contributed by atoms with Crippen LogP contribution in [0.2, 0.25) is 0 Å². The number of H-pyrrole nitrogens is 1. The van der Waals surface area contributed by atoms with Crippen LogP contribution in [0.5, 0.6) is 5.75 Å². The number of ether oxygens (including phenoxy) is 1. The lowest BCUT2D eigenvalue weighted by Gasteiger charge is -2.32. The second kappa shape index (κ2) is 6.46. The first kappa shape index (κ1) is 18.2. The Labute approximate surface area is 172 Å². The van der Waals surface area contributed by atoms with Crippen molar-refractivity contribution in [3.63, 3.8) is 0 Å². The Bertz CT molecular complexity index is 1260. The minimum absolute atomic E-state index is 0.196. The van der Waals surface area contributed by atoms with Gasteiger partial charge >= 0.3 is 12.4 Å². The molecule has 0 aromatic carbocycles. The smallest absolute Gasteiger partial charge is 0.408 e. The summed E-state index contributed by atoms with van der Waals surface area (Å²) in [6.45, 7) is 0.561. The van der Waals surface area contributed by atoms with E-state index in [0.717, 1.165) is 24.2 Å². The molecule has 0 unspecified atom stereocenters. The number of pyridine rings is 1. The number of alkyl halides is 3. The Morgan fingerprint density at radius 2 is 2.10 bits per heavy atom. The molecule has 0 spiro atoms. The van der Waals surface area contributed by atoms with Crippen molar-refractivity contribution in [2.45, 2.75) is 37.6 Å². The molecule has 1 N–H and O–H groups in total. The number of aromatic amines is 1. The van der Waals surface area contributed by atoms with Crippen LogP contribution >= 0.6 is 0 Å². The van der Waals surface area contributed by atoms with Gasteiger partial charge in [-0.1, -0.05) is 5.10 Å². The summed E-state index contributed by atoms with van der Waals surface area (Å²) in [5, 5.41) is 12.9. The lowest BCUT2D eigenvalue weighted by molar-refractivity contribution is -0.274. The van der Waals surface area contributed by atoms with E-state index in [1.165, 1.54) is 16.6 Å². The van der Waals surface area contributed by atoms with Gasteiger partial charge in [-0.3, -0.25) is 0 Å². The number of anilines is 1. The van der Waals surface area contributed by atoms with E-state index in [9.17, 15) is 13.2 Å². The van der Waals surface area contributed by atoms with E-state index in [-0.39, 0.29) is 11.3 Å². The molecule has 4 aromatic heterocycles. The van der Waals surface area contributed by atoms with E-state index in [1.807, 2.05) is 4.90 Å². The number of hydrogen-bond acceptors (Lipinski definition) is 7. The molecular weight excluding hydrogens is 415 g/mol. The van der Waals surface area contributed by atoms with Crippen LogP contribution < -0.4 is 9.64 Å². The quantitative estimate of drug-likeness (QED) is 0.529. The van der Waals surface area contributed by atoms with E-state index in [1.54, 1.807) is 18.6 Å². The predicted molar refractivity (Wildman–Crippen MR) is 99.6 cm³/mol. The van der Waals surface area contributed by atoms with Crippen molar-refractivity contribution < 1.29 is 22.3 Å². The summed E-state index contributed by atoms with van der Waals surface area (Å²) in [6, 6.07) is 4.13. The maximum Gasteiger partial charge on any atom is 0.573 e. The summed E-state index contributed by atoms with van der Waals surface area (Å²) in [5.41, 5.74) is 2.35. The van der Waals surface area contributed by atoms with E-state index in [4.69, 9.17) is 4.42 Å². The maximum absolute atomic E-state index is 12.8. The van der Waals surface area contributed by atoms with Crippen molar-refractivity contribution in [2.24, 2.45) is 0 Å². The molecule has 31 heavy (non-hydrogen) atoms. The van der Waals surface area contributed by atoms with Crippen molar-refractivity contribution in [3.8, 4) is 5.75 Å². The number of hydrogen-bond donors (Lipinski definition) is 1. The average Bonchev–Trinajstić information content (AvgIpc) is 3.14. The number of imidazole rings is 1. The number of fused-ring (bicyclic) bond motifs is 2. The van der Waals surface area contributed by atoms with E-state index >= 15 is 0 Å². The molecule has 2 aliphatic rings. The maximum atomic E-state index is 12.8. The fourth-order valence-electron chi connectivity index (χ4n) is 3.97. The fraction of sp³-hybridized carbons (Fsp3) is 0.368. The summed E-state index contributed by atoms with van der Waals surface area (Å²) >= 11 is 0. The molecular formula is C19H16F3N7O2. The van der Waals surface area contributed by atoms with Gasteiger partial charge in [0, 0.05) is 30.8 Å². The summed E-state index contributed by atoms with van der Waals surface area (Å²) in [7, 11) is 0. The number of rotatable bonds is 4. The van der Waals surface area contributed by atoms with Gasteiger partial charge in [0.25, 0.3) is 0 Å². The Morgan fingerprint density at radius 3 is 2.90 bits per heavy atom. The molecule has 0 bridgehead atoms. The molecule has 1 atom stereocenters. The van der Waals surface area contributed by atoms with Gasteiger partial charge in [-0.2, -0.15) is 5.10 Å². The zero-order valence-electron chi connectivity index (χ0n) is 16.0. The van der Waals surface area contributed by atoms with E-state index in [2.05, 4.69) is 30.0 Å². The molecule has 160 valence electrons. The molecule has 12 heteroatoms. The average molecular weight is 431 g/mol. The topological polar surface area (TPSA) is 97.4 Å². The van der Waals surface area contributed by atoms with E-state index < -0.39 is 12.4 Å². The Morgan fingerprint density at radius 1 is 1.23 bits per heavy atom. The predicted octanol–water partition coefficient (Wildman–Crippen LogP) is 3.37. The number of aromatic nitrogens is 6. The highest BCUT2D eigenvalue weighted by Gasteiger charge is 2.38. The van der Waals surface area contributed by atoms with Crippen molar-refractivity contribution in [2.75, 3.05) is 11.4 Å². The molecule has 1 fully saturated rings. The summed E-state index contributed by atoms with van der Waals surface area (Å²) in [5.74, 6) is 0.590. The fourth-order valence-corrected chi connectivity index (χ4v) is 3.97. The summed E-state index contributed by atoms with van der Waals surface area (Å²) in [4.78, 5) is 9.47. The zero-order valence-corrected chi connectivity index (χ0v) is 16.0. The van der Waals surface area contributed by atoms with Crippen molar-refractivity contribution in [3.05, 3.63) is 53.7 Å². The lowest BCUT2D eigenvalue weighted by atomic mass is 10.0. The normalized spacial score (nSPS) is 19.1. The molecule has 6 rings (SSSR count). The van der Waals surface area contributed by atoms with Gasteiger partial charge in [0.1, 0.15) is 11.6 Å². The molecule has 0 radical (unpaired) electrons. The first-order chi connectivity index (χ1) is 15.0. The van der Waals surface area contributed by atoms with Crippen LogP contribution in [0.15, 0.2) is 35.1 Å². The van der Waals surface area contributed by atoms with Gasteiger partial charge in [0.15, 0.2) is 5.75 Å². The number of halogens is 3. The van der Waals surface area contributed by atoms with Crippen molar-refractivity contribution in [1.29, 1.82) is 0 Å². The molecule has 0 amide bonds. The van der Waals surface area contributed by atoms with Gasteiger partial charge in [0.05, 0.1) is 17.7 Å². The highest BCUT2D eigenvalue weighted by Crippen LogP contribution is 2.42. The third-order valence-corrected chi connectivity index (χ3v) is 5.52. The van der Waals surface area contributed by atoms with Crippen LogP contribution in [0.25, 0.3) is 5.52 Å². The molecule has 4 aromatic rings. The van der Waals surface area contributed by atoms with Crippen LogP contribution in [0.4, 0.5) is 19.2 Å². The van der Waals surface area contributed by atoms with E-state index in [0.29, 0.717) is 36.5 Å². The summed E-state index contributed by atoms with van der Waals surface area (Å²) < 4.78 is 50.0. The number of nitrogens with zero attached hydrogens (tertiary/aromatic N) is 6. The van der Waals surface area contributed by atoms with Crippen LogP contribution in [0.3, 0.4) is 0 Å². The molecule has 1 aliphatic carbocycles. The van der Waals surface area contributed by atoms with Gasteiger partial charge in [0.2, 0.25) is 5.89 Å². The van der Waals surface area contributed by atoms with Gasteiger partial charge in [-0.05, 0) is 31.0 Å². The minimum atomic E-state index is -4.80. The third kappa shape index (κ3) is 3.18. The van der Waals surface area contributed by atoms with Gasteiger partial charge in [-0.15, -0.1) is 18.3 Å². The monoisotopic (exact) mass is 431 g/mol. The molecule has 9 nitrogen and oxygen atoms in total. The first-order valence-corrected chi connectivity index (χ1v) is 9.82.